The molecule has 0 heterocycles. The van der Waals surface area contributed by atoms with Crippen LogP contribution in [0.5, 0.6) is 0 Å². The van der Waals surface area contributed by atoms with Crippen LogP contribution in [-0.2, 0) is 6.54 Å². The van der Waals surface area contributed by atoms with Gasteiger partial charge in [0.25, 0.3) is 5.91 Å². The molecule has 2 aromatic rings. The molecule has 2 N–H and O–H groups in total. The van der Waals surface area contributed by atoms with Crippen molar-refractivity contribution in [1.82, 2.24) is 4.90 Å². The number of hydrogen-bond acceptors (Lipinski definition) is 2. The molecule has 0 radical (unpaired) electrons. The van der Waals surface area contributed by atoms with Crippen LogP contribution in [0.2, 0.25) is 10.0 Å². The van der Waals surface area contributed by atoms with Gasteiger partial charge in [-0.05, 0) is 51.8 Å². The first-order valence-corrected chi connectivity index (χ1v) is 7.68. The van der Waals surface area contributed by atoms with Gasteiger partial charge < -0.3 is 10.6 Å². The summed E-state index contributed by atoms with van der Waals surface area (Å²) in [5, 5.41) is 1.11. The van der Waals surface area contributed by atoms with Gasteiger partial charge in [-0.3, -0.25) is 4.79 Å². The molecule has 0 aromatic heterocycles. The SMILES string of the molecule is CN(Cc1ccc(Cl)cc1Cl)C(=O)c1ccc(Br)c(N)c1. The molecule has 2 aromatic carbocycles. The summed E-state index contributed by atoms with van der Waals surface area (Å²) >= 11 is 15.3. The lowest BCUT2D eigenvalue weighted by Crippen LogP contribution is -2.26. The van der Waals surface area contributed by atoms with Crippen LogP contribution in [0.25, 0.3) is 0 Å². The molecule has 6 heteroatoms. The Morgan fingerprint density at radius 1 is 1.24 bits per heavy atom. The number of rotatable bonds is 3. The Morgan fingerprint density at radius 2 is 1.95 bits per heavy atom. The minimum absolute atomic E-state index is 0.125. The predicted molar refractivity (Wildman–Crippen MR) is 90.8 cm³/mol. The first-order valence-electron chi connectivity index (χ1n) is 6.13. The lowest BCUT2D eigenvalue weighted by atomic mass is 10.1. The third-order valence-electron chi connectivity index (χ3n) is 3.01. The second-order valence-electron chi connectivity index (χ2n) is 4.63. The zero-order valence-corrected chi connectivity index (χ0v) is 14.3. The molecule has 0 spiro atoms. The Bertz CT molecular complexity index is 691. The first-order chi connectivity index (χ1) is 9.88. The van der Waals surface area contributed by atoms with Crippen LogP contribution in [-0.4, -0.2) is 17.9 Å². The van der Waals surface area contributed by atoms with Crippen LogP contribution in [0.4, 0.5) is 5.69 Å². The Labute approximate surface area is 141 Å². The van der Waals surface area contributed by atoms with Gasteiger partial charge in [0.1, 0.15) is 0 Å². The highest BCUT2D eigenvalue weighted by Gasteiger charge is 2.14. The molecule has 0 saturated carbocycles. The summed E-state index contributed by atoms with van der Waals surface area (Å²) in [6.07, 6.45) is 0. The quantitative estimate of drug-likeness (QED) is 0.781. The maximum absolute atomic E-state index is 12.4. The van der Waals surface area contributed by atoms with Crippen molar-refractivity contribution in [2.24, 2.45) is 0 Å². The minimum atomic E-state index is -0.125. The highest BCUT2D eigenvalue weighted by Crippen LogP contribution is 2.24. The first kappa shape index (κ1) is 16.1. The molecule has 0 bridgehead atoms. The number of nitrogen functional groups attached to an aromatic ring is 1. The zero-order chi connectivity index (χ0) is 15.6. The monoisotopic (exact) mass is 386 g/mol. The summed E-state index contributed by atoms with van der Waals surface area (Å²) in [7, 11) is 1.71. The van der Waals surface area contributed by atoms with Crippen molar-refractivity contribution in [3.8, 4) is 0 Å². The number of carbonyl (C=O) groups excluding carboxylic acids is 1. The fourth-order valence-corrected chi connectivity index (χ4v) is 2.59. The molecule has 0 aliphatic rings. The molecule has 0 saturated heterocycles. The van der Waals surface area contributed by atoms with E-state index in [2.05, 4.69) is 15.9 Å². The van der Waals surface area contributed by atoms with Crippen molar-refractivity contribution in [3.63, 3.8) is 0 Å². The average molecular weight is 388 g/mol. The van der Waals surface area contributed by atoms with Gasteiger partial charge in [-0.25, -0.2) is 0 Å². The van der Waals surface area contributed by atoms with E-state index in [1.807, 2.05) is 6.07 Å². The summed E-state index contributed by atoms with van der Waals surface area (Å²) in [4.78, 5) is 14.0. The van der Waals surface area contributed by atoms with Gasteiger partial charge in [-0.2, -0.15) is 0 Å². The minimum Gasteiger partial charge on any atom is -0.398 e. The highest BCUT2D eigenvalue weighted by molar-refractivity contribution is 9.10. The second kappa shape index (κ2) is 6.69. The maximum atomic E-state index is 12.4. The fraction of sp³-hybridized carbons (Fsp3) is 0.133. The van der Waals surface area contributed by atoms with Crippen LogP contribution in [0.15, 0.2) is 40.9 Å². The molecule has 21 heavy (non-hydrogen) atoms. The lowest BCUT2D eigenvalue weighted by molar-refractivity contribution is 0.0785. The molecule has 0 aliphatic heterocycles. The van der Waals surface area contributed by atoms with E-state index in [4.69, 9.17) is 28.9 Å². The standard InChI is InChI=1S/C15H13BrCl2N2O/c1-20(8-10-2-4-11(17)7-13(10)18)15(21)9-3-5-12(16)14(19)6-9/h2-7H,8,19H2,1H3. The van der Waals surface area contributed by atoms with Gasteiger partial charge in [0.2, 0.25) is 0 Å². The van der Waals surface area contributed by atoms with Crippen molar-refractivity contribution >= 4 is 50.7 Å². The lowest BCUT2D eigenvalue weighted by Gasteiger charge is -2.18. The number of amides is 1. The Kier molecular flexibility index (Phi) is 5.14. The summed E-state index contributed by atoms with van der Waals surface area (Å²) in [5.74, 6) is -0.125. The zero-order valence-electron chi connectivity index (χ0n) is 11.2. The van der Waals surface area contributed by atoms with Crippen molar-refractivity contribution in [2.75, 3.05) is 12.8 Å². The van der Waals surface area contributed by atoms with Crippen molar-refractivity contribution in [3.05, 3.63) is 62.0 Å². The molecule has 3 nitrogen and oxygen atoms in total. The van der Waals surface area contributed by atoms with E-state index in [0.29, 0.717) is 27.8 Å². The van der Waals surface area contributed by atoms with Gasteiger partial charge in [0.05, 0.1) is 0 Å². The van der Waals surface area contributed by atoms with Gasteiger partial charge >= 0.3 is 0 Å². The number of benzene rings is 2. The average Bonchev–Trinajstić information content (AvgIpc) is 2.44. The van der Waals surface area contributed by atoms with Crippen LogP contribution >= 0.6 is 39.1 Å². The van der Waals surface area contributed by atoms with E-state index in [0.717, 1.165) is 10.0 Å². The number of hydrogen-bond donors (Lipinski definition) is 1. The third-order valence-corrected chi connectivity index (χ3v) is 4.32. The highest BCUT2D eigenvalue weighted by atomic mass is 79.9. The smallest absolute Gasteiger partial charge is 0.253 e. The van der Waals surface area contributed by atoms with Gasteiger partial charge in [-0.15, -0.1) is 0 Å². The summed E-state index contributed by atoms with van der Waals surface area (Å²) in [5.41, 5.74) is 7.69. The second-order valence-corrected chi connectivity index (χ2v) is 6.33. The molecule has 2 rings (SSSR count). The number of nitrogens with zero attached hydrogens (tertiary/aromatic N) is 1. The van der Waals surface area contributed by atoms with E-state index in [1.54, 1.807) is 42.3 Å². The largest absolute Gasteiger partial charge is 0.398 e. The molecule has 110 valence electrons. The van der Waals surface area contributed by atoms with Gasteiger partial charge in [0, 0.05) is 39.4 Å². The Hall–Kier alpha value is -1.23. The third kappa shape index (κ3) is 3.90. The van der Waals surface area contributed by atoms with Crippen molar-refractivity contribution in [1.29, 1.82) is 0 Å². The predicted octanol–water partition coefficient (Wildman–Crippen LogP) is 4.61. The molecule has 0 atom stereocenters. The number of nitrogens with two attached hydrogens (primary N) is 1. The topological polar surface area (TPSA) is 46.3 Å². The van der Waals surface area contributed by atoms with Gasteiger partial charge in [-0.1, -0.05) is 29.3 Å². The van der Waals surface area contributed by atoms with Gasteiger partial charge in [0.15, 0.2) is 0 Å². The molecule has 0 fully saturated rings. The van der Waals surface area contributed by atoms with Crippen molar-refractivity contribution < 1.29 is 4.79 Å². The maximum Gasteiger partial charge on any atom is 0.253 e. The van der Waals surface area contributed by atoms with E-state index >= 15 is 0 Å². The number of halogens is 3. The normalized spacial score (nSPS) is 10.5. The summed E-state index contributed by atoms with van der Waals surface area (Å²) in [6.45, 7) is 0.394. The van der Waals surface area contributed by atoms with Crippen LogP contribution in [0.1, 0.15) is 15.9 Å². The molecule has 0 unspecified atom stereocenters. The molecule has 1 amide bonds. The van der Waals surface area contributed by atoms with Crippen LogP contribution in [0, 0.1) is 0 Å². The molecular weight excluding hydrogens is 375 g/mol. The number of anilines is 1. The van der Waals surface area contributed by atoms with E-state index in [9.17, 15) is 4.79 Å². The molecular formula is C15H13BrCl2N2O. The molecule has 0 aliphatic carbocycles. The number of carbonyl (C=O) groups is 1. The van der Waals surface area contributed by atoms with Crippen LogP contribution < -0.4 is 5.73 Å². The fourth-order valence-electron chi connectivity index (χ4n) is 1.87. The van der Waals surface area contributed by atoms with E-state index in [-0.39, 0.29) is 5.91 Å². The van der Waals surface area contributed by atoms with Crippen molar-refractivity contribution in [2.45, 2.75) is 6.54 Å². The Balaban J connectivity index is 2.17. The van der Waals surface area contributed by atoms with E-state index < -0.39 is 0 Å². The van der Waals surface area contributed by atoms with E-state index in [1.165, 1.54) is 0 Å². The Morgan fingerprint density at radius 3 is 2.57 bits per heavy atom. The summed E-state index contributed by atoms with van der Waals surface area (Å²) < 4.78 is 0.766. The summed E-state index contributed by atoms with van der Waals surface area (Å²) in [6, 6.07) is 10.3. The van der Waals surface area contributed by atoms with Crippen LogP contribution in [0.3, 0.4) is 0 Å².